The Hall–Kier alpha value is -1.93. The molecule has 136 valence electrons. The predicted octanol–water partition coefficient (Wildman–Crippen LogP) is 4.05. The monoisotopic (exact) mass is 375 g/mol. The van der Waals surface area contributed by atoms with Crippen molar-refractivity contribution in [2.75, 3.05) is 7.11 Å². The second-order valence-corrected chi connectivity index (χ2v) is 6.92. The number of esters is 1. The third kappa shape index (κ3) is 5.02. The number of carbonyl (C=O) groups excluding carboxylic acids is 1. The van der Waals surface area contributed by atoms with Crippen molar-refractivity contribution in [3.63, 3.8) is 0 Å². The van der Waals surface area contributed by atoms with Crippen LogP contribution in [0.2, 0.25) is 0 Å². The van der Waals surface area contributed by atoms with E-state index in [1.54, 1.807) is 6.08 Å². The van der Waals surface area contributed by atoms with Crippen LogP contribution in [0.4, 0.5) is 13.2 Å². The van der Waals surface area contributed by atoms with Crippen LogP contribution < -0.4 is 0 Å². The van der Waals surface area contributed by atoms with E-state index in [-0.39, 0.29) is 18.1 Å². The lowest BCUT2D eigenvalue weighted by Crippen LogP contribution is -2.26. The van der Waals surface area contributed by atoms with Gasteiger partial charge in [-0.05, 0) is 29.7 Å². The van der Waals surface area contributed by atoms with Crippen LogP contribution in [0, 0.1) is 0 Å². The van der Waals surface area contributed by atoms with Crippen LogP contribution in [0.5, 0.6) is 0 Å². The van der Waals surface area contributed by atoms with E-state index in [9.17, 15) is 18.0 Å². The van der Waals surface area contributed by atoms with Gasteiger partial charge in [0.15, 0.2) is 5.76 Å². The molecule has 0 saturated carbocycles. The van der Waals surface area contributed by atoms with Gasteiger partial charge in [-0.25, -0.2) is 4.18 Å². The van der Waals surface area contributed by atoms with Gasteiger partial charge in [0, 0.05) is 5.41 Å². The second kappa shape index (κ2) is 7.53. The van der Waals surface area contributed by atoms with Gasteiger partial charge in [-0.1, -0.05) is 37.3 Å². The maximum absolute atomic E-state index is 12.3. The Morgan fingerprint density at radius 1 is 1.40 bits per heavy atom. The molecule has 25 heavy (non-hydrogen) atoms. The Morgan fingerprint density at radius 3 is 2.68 bits per heavy atom. The van der Waals surface area contributed by atoms with E-state index in [0.29, 0.717) is 6.42 Å². The number of halogens is 3. The molecule has 4 nitrogen and oxygen atoms in total. The van der Waals surface area contributed by atoms with E-state index in [2.05, 4.69) is 8.92 Å². The SMILES string of the molecule is COC(=O)Cc1cccc(C2(C)C=CC(O[S+](O)C(F)(F)F)=CC2)c1. The summed E-state index contributed by atoms with van der Waals surface area (Å²) in [5.74, 6) is -0.370. The quantitative estimate of drug-likeness (QED) is 0.623. The summed E-state index contributed by atoms with van der Waals surface area (Å²) in [5.41, 5.74) is -3.55. The van der Waals surface area contributed by atoms with Gasteiger partial charge in [0.05, 0.1) is 13.5 Å². The Morgan fingerprint density at radius 2 is 2.12 bits per heavy atom. The molecule has 1 aromatic carbocycles. The number of alkyl halides is 3. The molecule has 1 N–H and O–H groups in total. The number of carbonyl (C=O) groups is 1. The molecule has 1 aliphatic rings. The van der Waals surface area contributed by atoms with E-state index in [1.165, 1.54) is 19.3 Å². The molecule has 0 aromatic heterocycles. The molecule has 1 aromatic rings. The standard InChI is InChI=1S/C17H18F3O4S/c1-16(13-5-3-4-12(10-13)11-15(21)23-2)8-6-14(7-9-16)24-25(22)17(18,19)20/h3-8,10,22H,9,11H2,1-2H3/q+1. The van der Waals surface area contributed by atoms with Gasteiger partial charge in [-0.2, -0.15) is 0 Å². The number of ether oxygens (including phenoxy) is 1. The lowest BCUT2D eigenvalue weighted by atomic mass is 9.76. The average molecular weight is 375 g/mol. The highest BCUT2D eigenvalue weighted by molar-refractivity contribution is 7.87. The summed E-state index contributed by atoms with van der Waals surface area (Å²) in [5, 5.41) is 0. The normalized spacial score (nSPS) is 21.4. The molecule has 0 fully saturated rings. The fourth-order valence-corrected chi connectivity index (χ4v) is 2.80. The summed E-state index contributed by atoms with van der Waals surface area (Å²) >= 11 is -3.14. The van der Waals surface area contributed by atoms with Crippen molar-refractivity contribution in [3.05, 3.63) is 59.4 Å². The molecular weight excluding hydrogens is 357 g/mol. The van der Waals surface area contributed by atoms with Crippen molar-refractivity contribution in [1.29, 1.82) is 0 Å². The van der Waals surface area contributed by atoms with Gasteiger partial charge in [0.2, 0.25) is 0 Å². The molecule has 0 aliphatic heterocycles. The zero-order chi connectivity index (χ0) is 18.7. The molecule has 0 spiro atoms. The molecule has 0 amide bonds. The third-order valence-electron chi connectivity index (χ3n) is 3.88. The van der Waals surface area contributed by atoms with Crippen LogP contribution in [0.25, 0.3) is 0 Å². The van der Waals surface area contributed by atoms with Crippen molar-refractivity contribution in [2.24, 2.45) is 0 Å². The van der Waals surface area contributed by atoms with Crippen molar-refractivity contribution < 1.29 is 31.4 Å². The van der Waals surface area contributed by atoms with E-state index in [1.807, 2.05) is 31.2 Å². The van der Waals surface area contributed by atoms with Gasteiger partial charge >= 0.3 is 22.9 Å². The largest absolute Gasteiger partial charge is 0.654 e. The first kappa shape index (κ1) is 19.4. The number of rotatable bonds is 5. The van der Waals surface area contributed by atoms with Crippen LogP contribution in [0.15, 0.2) is 48.3 Å². The van der Waals surface area contributed by atoms with E-state index < -0.39 is 22.4 Å². The van der Waals surface area contributed by atoms with E-state index >= 15 is 0 Å². The minimum atomic E-state index is -4.81. The van der Waals surface area contributed by atoms with Crippen molar-refractivity contribution in [3.8, 4) is 0 Å². The number of hydrogen-bond acceptors (Lipinski definition) is 4. The summed E-state index contributed by atoms with van der Waals surface area (Å²) in [6.45, 7) is 1.93. The maximum Gasteiger partial charge on any atom is 0.654 e. The lowest BCUT2D eigenvalue weighted by molar-refractivity contribution is -0.139. The Kier molecular flexibility index (Phi) is 5.84. The highest BCUT2D eigenvalue weighted by Crippen LogP contribution is 2.36. The summed E-state index contributed by atoms with van der Waals surface area (Å²) in [6, 6.07) is 7.38. The molecule has 2 unspecified atom stereocenters. The van der Waals surface area contributed by atoms with Crippen molar-refractivity contribution in [2.45, 2.75) is 30.7 Å². The molecule has 0 bridgehead atoms. The first-order valence-electron chi connectivity index (χ1n) is 7.38. The summed E-state index contributed by atoms with van der Waals surface area (Å²) in [7, 11) is 1.32. The third-order valence-corrected chi connectivity index (χ3v) is 4.62. The highest BCUT2D eigenvalue weighted by atomic mass is 32.2. The lowest BCUT2D eigenvalue weighted by Gasteiger charge is -2.28. The highest BCUT2D eigenvalue weighted by Gasteiger charge is 2.57. The van der Waals surface area contributed by atoms with Gasteiger partial charge in [0.25, 0.3) is 0 Å². The second-order valence-electron chi connectivity index (χ2n) is 5.79. The number of allylic oxidation sites excluding steroid dienone is 3. The summed E-state index contributed by atoms with van der Waals surface area (Å²) in [4.78, 5) is 11.4. The van der Waals surface area contributed by atoms with Gasteiger partial charge in [-0.15, -0.1) is 17.7 Å². The van der Waals surface area contributed by atoms with Crippen LogP contribution in [0.3, 0.4) is 0 Å². The molecule has 2 atom stereocenters. The van der Waals surface area contributed by atoms with Gasteiger partial charge in [0.1, 0.15) is 0 Å². The summed E-state index contributed by atoms with van der Waals surface area (Å²) < 4.78 is 55.2. The molecule has 0 saturated heterocycles. The Bertz CT molecular complexity index is 699. The fourth-order valence-electron chi connectivity index (χ4n) is 2.40. The smallest absolute Gasteiger partial charge is 0.469 e. The number of methoxy groups -OCH3 is 1. The summed E-state index contributed by atoms with van der Waals surface area (Å²) in [6.07, 6.45) is 5.20. The Labute approximate surface area is 146 Å². The van der Waals surface area contributed by atoms with Gasteiger partial charge < -0.3 is 4.74 Å². The van der Waals surface area contributed by atoms with Crippen molar-refractivity contribution >= 4 is 17.4 Å². The predicted molar refractivity (Wildman–Crippen MR) is 88.5 cm³/mol. The maximum atomic E-state index is 12.3. The van der Waals surface area contributed by atoms with Crippen LogP contribution in [0.1, 0.15) is 24.5 Å². The Balaban J connectivity index is 2.11. The minimum absolute atomic E-state index is 0.0219. The topological polar surface area (TPSA) is 55.8 Å². The van der Waals surface area contributed by atoms with Gasteiger partial charge in [-0.3, -0.25) is 4.79 Å². The molecule has 2 rings (SSSR count). The van der Waals surface area contributed by atoms with Crippen LogP contribution in [-0.4, -0.2) is 23.1 Å². The van der Waals surface area contributed by atoms with E-state index in [0.717, 1.165) is 11.1 Å². The first-order chi connectivity index (χ1) is 11.6. The molecule has 1 aliphatic carbocycles. The van der Waals surface area contributed by atoms with Crippen LogP contribution in [-0.2, 0) is 37.0 Å². The number of benzene rings is 1. The van der Waals surface area contributed by atoms with Crippen LogP contribution >= 0.6 is 0 Å². The minimum Gasteiger partial charge on any atom is -0.469 e. The molecule has 0 heterocycles. The zero-order valence-electron chi connectivity index (χ0n) is 13.7. The zero-order valence-corrected chi connectivity index (χ0v) is 14.5. The van der Waals surface area contributed by atoms with Crippen molar-refractivity contribution in [1.82, 2.24) is 0 Å². The fraction of sp³-hybridized carbons (Fsp3) is 0.353. The molecule has 8 heteroatoms. The molecular formula is C17H18F3O4S+. The number of hydrogen-bond donors (Lipinski definition) is 1. The first-order valence-corrected chi connectivity index (χ1v) is 8.49. The molecule has 0 radical (unpaired) electrons. The van der Waals surface area contributed by atoms with E-state index in [4.69, 9.17) is 4.55 Å². The average Bonchev–Trinajstić information content (AvgIpc) is 2.56.